The molecule has 3 N–H and O–H groups in total. The summed E-state index contributed by atoms with van der Waals surface area (Å²) in [4.78, 5) is 8.93. The number of amidine groups is 1. The first-order valence-corrected chi connectivity index (χ1v) is 6.83. The van der Waals surface area contributed by atoms with Gasteiger partial charge in [0.25, 0.3) is 0 Å². The number of nitrogens with zero attached hydrogens (tertiary/aromatic N) is 2. The molecule has 1 unspecified atom stereocenters. The minimum atomic E-state index is -4.96. The maximum atomic E-state index is 12.6. The van der Waals surface area contributed by atoms with E-state index in [9.17, 15) is 28.5 Å². The Morgan fingerprint density at radius 2 is 2.00 bits per heavy atom. The minimum absolute atomic E-state index is 0.292. The topological polar surface area (TPSA) is 94.8 Å². The Kier molecular flexibility index (Phi) is 4.71. The van der Waals surface area contributed by atoms with Gasteiger partial charge in [0.2, 0.25) is 0 Å². The van der Waals surface area contributed by atoms with Crippen molar-refractivity contribution >= 4 is 16.9 Å². The molecule has 0 aromatic carbocycles. The van der Waals surface area contributed by atoms with Gasteiger partial charge in [-0.15, -0.1) is 0 Å². The van der Waals surface area contributed by atoms with Crippen LogP contribution in [0.15, 0.2) is 4.99 Å². The van der Waals surface area contributed by atoms with E-state index in [0.29, 0.717) is 5.17 Å². The quantitative estimate of drug-likeness (QED) is 0.577. The highest BCUT2D eigenvalue weighted by Gasteiger charge is 2.56. The fourth-order valence-electron chi connectivity index (χ4n) is 2.05. The SMILES string of the molecule is CON(C)C1=N[C@@H]2[C@@H](O)[C@H](O)[C@@H](C(O)C(F)(F)F)O[C@@H]2S1. The van der Waals surface area contributed by atoms with Crippen LogP contribution >= 0.6 is 11.8 Å². The van der Waals surface area contributed by atoms with Crippen LogP contribution in [0.25, 0.3) is 0 Å². The van der Waals surface area contributed by atoms with Crippen molar-refractivity contribution in [2.45, 2.75) is 42.1 Å². The van der Waals surface area contributed by atoms with Crippen molar-refractivity contribution in [1.82, 2.24) is 5.06 Å². The molecule has 0 bridgehead atoms. The van der Waals surface area contributed by atoms with Crippen LogP contribution in [-0.2, 0) is 9.57 Å². The Bertz CT molecular complexity index is 424. The van der Waals surface area contributed by atoms with Gasteiger partial charge < -0.3 is 20.1 Å². The molecule has 6 atom stereocenters. The molecule has 11 heteroatoms. The zero-order valence-corrected chi connectivity index (χ0v) is 11.9. The first-order chi connectivity index (χ1) is 9.66. The summed E-state index contributed by atoms with van der Waals surface area (Å²) in [5, 5.41) is 30.4. The van der Waals surface area contributed by atoms with Crippen molar-refractivity contribution < 1.29 is 38.1 Å². The molecule has 2 aliphatic rings. The van der Waals surface area contributed by atoms with Crippen LogP contribution in [0, 0.1) is 0 Å². The van der Waals surface area contributed by atoms with E-state index in [1.807, 2.05) is 0 Å². The highest BCUT2D eigenvalue weighted by Crippen LogP contribution is 2.39. The van der Waals surface area contributed by atoms with E-state index < -0.39 is 42.1 Å². The molecule has 0 radical (unpaired) electrons. The number of alkyl halides is 3. The largest absolute Gasteiger partial charge is 0.417 e. The number of thioether (sulfide) groups is 1. The van der Waals surface area contributed by atoms with Crippen LogP contribution < -0.4 is 0 Å². The molecule has 2 aliphatic heterocycles. The lowest BCUT2D eigenvalue weighted by Crippen LogP contribution is -2.60. The molecule has 1 fully saturated rings. The number of hydrogen-bond acceptors (Lipinski definition) is 8. The minimum Gasteiger partial charge on any atom is -0.388 e. The number of ether oxygens (including phenoxy) is 1. The molecule has 0 aliphatic carbocycles. The second-order valence-electron chi connectivity index (χ2n) is 4.64. The van der Waals surface area contributed by atoms with E-state index in [0.717, 1.165) is 11.8 Å². The van der Waals surface area contributed by atoms with E-state index in [4.69, 9.17) is 9.57 Å². The molecule has 2 heterocycles. The number of fused-ring (bicyclic) bond motifs is 1. The van der Waals surface area contributed by atoms with Crippen molar-refractivity contribution in [2.75, 3.05) is 14.2 Å². The lowest BCUT2D eigenvalue weighted by Gasteiger charge is -2.40. The molecule has 0 aromatic heterocycles. The Balaban J connectivity index is 2.16. The lowest BCUT2D eigenvalue weighted by atomic mass is 9.94. The summed E-state index contributed by atoms with van der Waals surface area (Å²) in [6.45, 7) is 0. The first-order valence-electron chi connectivity index (χ1n) is 5.95. The number of halogens is 3. The smallest absolute Gasteiger partial charge is 0.388 e. The molecule has 0 saturated carbocycles. The highest BCUT2D eigenvalue weighted by atomic mass is 32.2. The summed E-state index contributed by atoms with van der Waals surface area (Å²) < 4.78 is 42.7. The Morgan fingerprint density at radius 3 is 2.52 bits per heavy atom. The van der Waals surface area contributed by atoms with Crippen LogP contribution in [0.4, 0.5) is 13.2 Å². The average molecular weight is 332 g/mol. The molecule has 21 heavy (non-hydrogen) atoms. The molecule has 122 valence electrons. The van der Waals surface area contributed by atoms with E-state index in [-0.39, 0.29) is 0 Å². The van der Waals surface area contributed by atoms with Gasteiger partial charge >= 0.3 is 6.18 Å². The van der Waals surface area contributed by atoms with Crippen LogP contribution in [0.5, 0.6) is 0 Å². The summed E-state index contributed by atoms with van der Waals surface area (Å²) in [7, 11) is 2.89. The van der Waals surface area contributed by atoms with Gasteiger partial charge in [-0.1, -0.05) is 11.8 Å². The Morgan fingerprint density at radius 1 is 1.38 bits per heavy atom. The number of rotatable bonds is 2. The zero-order valence-electron chi connectivity index (χ0n) is 11.1. The Hall–Kier alpha value is -0.590. The third-order valence-electron chi connectivity index (χ3n) is 3.28. The third-order valence-corrected chi connectivity index (χ3v) is 4.47. The highest BCUT2D eigenvalue weighted by molar-refractivity contribution is 8.14. The van der Waals surface area contributed by atoms with Gasteiger partial charge in [-0.25, -0.2) is 5.06 Å². The van der Waals surface area contributed by atoms with Crippen molar-refractivity contribution in [3.8, 4) is 0 Å². The maximum absolute atomic E-state index is 12.6. The van der Waals surface area contributed by atoms with Crippen LogP contribution in [0.3, 0.4) is 0 Å². The van der Waals surface area contributed by atoms with Crippen LogP contribution in [0.2, 0.25) is 0 Å². The van der Waals surface area contributed by atoms with Crippen LogP contribution in [-0.4, -0.2) is 81.8 Å². The molecular formula is C10H15F3N2O5S. The fraction of sp³-hybridized carbons (Fsp3) is 0.900. The van der Waals surface area contributed by atoms with E-state index in [1.165, 1.54) is 19.2 Å². The predicted molar refractivity (Wildman–Crippen MR) is 66.3 cm³/mol. The molecule has 0 aromatic rings. The first kappa shape index (κ1) is 16.8. The van der Waals surface area contributed by atoms with Gasteiger partial charge in [0.1, 0.15) is 29.8 Å². The number of aliphatic imine (C=N–C) groups is 1. The van der Waals surface area contributed by atoms with Crippen LogP contribution in [0.1, 0.15) is 0 Å². The third kappa shape index (κ3) is 3.12. The summed E-state index contributed by atoms with van der Waals surface area (Å²) in [6.07, 6.45) is -13.3. The second kappa shape index (κ2) is 5.89. The van der Waals surface area contributed by atoms with E-state index >= 15 is 0 Å². The van der Waals surface area contributed by atoms with Crippen molar-refractivity contribution in [2.24, 2.45) is 4.99 Å². The zero-order chi connectivity index (χ0) is 15.9. The second-order valence-corrected chi connectivity index (χ2v) is 5.70. The molecule has 2 rings (SSSR count). The van der Waals surface area contributed by atoms with Crippen molar-refractivity contribution in [3.05, 3.63) is 0 Å². The van der Waals surface area contributed by atoms with Gasteiger partial charge in [-0.2, -0.15) is 13.2 Å². The van der Waals surface area contributed by atoms with Gasteiger partial charge in [-0.05, 0) is 0 Å². The molecule has 1 saturated heterocycles. The van der Waals surface area contributed by atoms with Gasteiger partial charge in [0, 0.05) is 7.05 Å². The summed E-state index contributed by atoms with van der Waals surface area (Å²) in [6, 6.07) is -0.936. The molecular weight excluding hydrogens is 317 g/mol. The van der Waals surface area contributed by atoms with Crippen molar-refractivity contribution in [1.29, 1.82) is 0 Å². The lowest BCUT2D eigenvalue weighted by molar-refractivity contribution is -0.271. The summed E-state index contributed by atoms with van der Waals surface area (Å²) >= 11 is 0.944. The fourth-order valence-corrected chi connectivity index (χ4v) is 3.21. The molecule has 0 amide bonds. The summed E-state index contributed by atoms with van der Waals surface area (Å²) in [5.74, 6) is 0. The predicted octanol–water partition coefficient (Wildman–Crippen LogP) is -0.679. The van der Waals surface area contributed by atoms with Crippen molar-refractivity contribution in [3.63, 3.8) is 0 Å². The standard InChI is InChI=1S/C10H15F3N2O5S/c1-15(19-2)9-14-3-4(16)5(17)6(20-8(3)21-9)7(18)10(11,12)13/h3-8,16-18H,1-2H3/t3-,4-,5+,6+,7?,8-/m1/s1. The number of aliphatic hydroxyl groups is 3. The summed E-state index contributed by atoms with van der Waals surface area (Å²) in [5.41, 5.74) is -0.946. The Labute approximate surface area is 122 Å². The monoisotopic (exact) mass is 332 g/mol. The van der Waals surface area contributed by atoms with Gasteiger partial charge in [0.05, 0.1) is 7.11 Å². The van der Waals surface area contributed by atoms with Gasteiger partial charge in [0.15, 0.2) is 11.3 Å². The maximum Gasteiger partial charge on any atom is 0.417 e. The molecule has 0 spiro atoms. The normalized spacial score (nSPS) is 37.9. The van der Waals surface area contributed by atoms with Gasteiger partial charge in [-0.3, -0.25) is 9.83 Å². The van der Waals surface area contributed by atoms with E-state index in [1.54, 1.807) is 0 Å². The number of aliphatic hydroxyl groups excluding tert-OH is 3. The number of hydroxylamine groups is 2. The average Bonchev–Trinajstić information content (AvgIpc) is 2.84. The number of hydrogen-bond donors (Lipinski definition) is 3. The van der Waals surface area contributed by atoms with E-state index in [2.05, 4.69) is 4.99 Å². The molecule has 7 nitrogen and oxygen atoms in total.